The van der Waals surface area contributed by atoms with Crippen LogP contribution in [-0.2, 0) is 37.7 Å². The number of hydrogen-bond donors (Lipinski definition) is 2. The van der Waals surface area contributed by atoms with Crippen molar-refractivity contribution in [3.63, 3.8) is 0 Å². The third-order valence-corrected chi connectivity index (χ3v) is 13.0. The van der Waals surface area contributed by atoms with Crippen molar-refractivity contribution >= 4 is 78.6 Å². The Morgan fingerprint density at radius 2 is 1.65 bits per heavy atom. The monoisotopic (exact) mass is 723 g/mol. The van der Waals surface area contributed by atoms with Gasteiger partial charge in [0, 0.05) is 69.5 Å². The van der Waals surface area contributed by atoms with E-state index in [1.165, 1.54) is 16.7 Å². The Labute approximate surface area is 293 Å². The number of thiazole rings is 1. The molecule has 2 aromatic carbocycles. The fourth-order valence-electron chi connectivity index (χ4n) is 6.53. The Hall–Kier alpha value is -3.32. The van der Waals surface area contributed by atoms with Crippen LogP contribution in [-0.4, -0.2) is 49.6 Å². The summed E-state index contributed by atoms with van der Waals surface area (Å²) in [7, 11) is -2.23. The predicted molar refractivity (Wildman–Crippen MR) is 194 cm³/mol. The van der Waals surface area contributed by atoms with E-state index in [4.69, 9.17) is 0 Å². The molecule has 3 aromatic rings. The highest BCUT2D eigenvalue weighted by Crippen LogP contribution is 2.48. The average molecular weight is 724 g/mol. The maximum absolute atomic E-state index is 12.2. The second-order valence-electron chi connectivity index (χ2n) is 12.3. The van der Waals surface area contributed by atoms with Crippen LogP contribution < -0.4 is 9.47 Å². The van der Waals surface area contributed by atoms with Gasteiger partial charge in [-0.05, 0) is 91.1 Å². The number of carbonyl (C=O) groups is 2. The molecule has 3 aliphatic rings. The van der Waals surface area contributed by atoms with Gasteiger partial charge < -0.3 is 15.1 Å². The lowest BCUT2D eigenvalue weighted by Crippen LogP contribution is -2.35. The van der Waals surface area contributed by atoms with Crippen molar-refractivity contribution in [2.45, 2.75) is 72.6 Å². The number of rotatable bonds is 12. The van der Waals surface area contributed by atoms with Crippen LogP contribution in [0.25, 0.3) is 16.3 Å². The number of fused-ring (bicyclic) bond motifs is 3. The van der Waals surface area contributed by atoms with Crippen molar-refractivity contribution < 1.29 is 32.8 Å². The van der Waals surface area contributed by atoms with Gasteiger partial charge in [-0.25, -0.2) is 0 Å². The first-order valence-electron chi connectivity index (χ1n) is 16.1. The maximum atomic E-state index is 12.2. The fourth-order valence-corrected chi connectivity index (χ4v) is 9.89. The Bertz CT molecular complexity index is 1960. The second-order valence-corrected chi connectivity index (χ2v) is 17.2. The van der Waals surface area contributed by atoms with Crippen molar-refractivity contribution in [2.24, 2.45) is 5.92 Å². The summed E-state index contributed by atoms with van der Waals surface area (Å²) in [6.45, 7) is 1.14. The number of hydrogen-bond acceptors (Lipinski definition) is 7. The van der Waals surface area contributed by atoms with E-state index in [0.717, 1.165) is 66.3 Å². The summed E-state index contributed by atoms with van der Waals surface area (Å²) in [4.78, 5) is 27.3. The van der Waals surface area contributed by atoms with E-state index in [0.29, 0.717) is 31.8 Å². The molecule has 3 atom stereocenters. The van der Waals surface area contributed by atoms with E-state index in [2.05, 4.69) is 33.8 Å². The van der Waals surface area contributed by atoms with Crippen molar-refractivity contribution in [3.8, 4) is 0 Å². The summed E-state index contributed by atoms with van der Waals surface area (Å²) in [6.07, 6.45) is 17.7. The third kappa shape index (κ3) is 7.93. The molecule has 2 N–H and O–H groups in total. The molecule has 2 heterocycles. The lowest BCUT2D eigenvalue weighted by Gasteiger charge is -2.28. The van der Waals surface area contributed by atoms with Gasteiger partial charge in [0.25, 0.3) is 5.01 Å². The quantitative estimate of drug-likeness (QED) is 0.187. The molecule has 252 valence electrons. The smallest absolute Gasteiger partial charge is 0.303 e. The number of allylic oxidation sites excluding steroid dienone is 6. The minimum absolute atomic E-state index is 0.0915. The van der Waals surface area contributed by atoms with Gasteiger partial charge in [-0.3, -0.25) is 18.0 Å². The molecule has 3 unspecified atom stereocenters. The summed E-state index contributed by atoms with van der Waals surface area (Å²) in [6, 6.07) is 11.8. The first kappa shape index (κ1) is 34.5. The van der Waals surface area contributed by atoms with Crippen LogP contribution in [0.1, 0.15) is 56.4 Å². The summed E-state index contributed by atoms with van der Waals surface area (Å²) < 4.78 is 27.7. The molecule has 0 saturated carbocycles. The maximum Gasteiger partial charge on any atom is 0.303 e. The summed E-state index contributed by atoms with van der Waals surface area (Å²) >= 11 is 3.35. The molecule has 1 aromatic heterocycles. The topological polar surface area (TPSA) is 116 Å². The van der Waals surface area contributed by atoms with E-state index in [1.807, 2.05) is 36.4 Å². The van der Waals surface area contributed by atoms with Gasteiger partial charge in [0.15, 0.2) is 6.54 Å². The summed E-state index contributed by atoms with van der Waals surface area (Å²) in [5.41, 5.74) is 5.76. The largest absolute Gasteiger partial charge is 0.481 e. The average Bonchev–Trinajstić information content (AvgIpc) is 3.56. The number of aromatic nitrogens is 1. The Balaban J connectivity index is 1.31. The van der Waals surface area contributed by atoms with Gasteiger partial charge in [-0.2, -0.15) is 4.57 Å². The van der Waals surface area contributed by atoms with E-state index >= 15 is 0 Å². The number of aliphatic carboxylic acids is 2. The molecule has 0 saturated heterocycles. The highest BCUT2D eigenvalue weighted by atomic mass is 32.2. The van der Waals surface area contributed by atoms with E-state index in [1.54, 1.807) is 35.6 Å². The number of thioether (sulfide) groups is 1. The van der Waals surface area contributed by atoms with E-state index in [9.17, 15) is 28.2 Å². The van der Waals surface area contributed by atoms with Gasteiger partial charge in [-0.1, -0.05) is 35.3 Å². The normalized spacial score (nSPS) is 20.4. The minimum atomic E-state index is -1.11. The van der Waals surface area contributed by atoms with Crippen LogP contribution in [0.15, 0.2) is 91.1 Å². The van der Waals surface area contributed by atoms with Gasteiger partial charge in [0.2, 0.25) is 5.52 Å². The molecule has 8 nitrogen and oxygen atoms in total. The first-order valence-corrected chi connectivity index (χ1v) is 20.8. The van der Waals surface area contributed by atoms with Gasteiger partial charge >= 0.3 is 11.9 Å². The number of aryl methyl sites for hydroxylation is 1. The Morgan fingerprint density at radius 3 is 2.40 bits per heavy atom. The highest BCUT2D eigenvalue weighted by molar-refractivity contribution is 8.03. The number of benzene rings is 2. The number of carboxylic acids is 2. The zero-order chi connectivity index (χ0) is 33.9. The first-order chi connectivity index (χ1) is 23.0. The van der Waals surface area contributed by atoms with Crippen LogP contribution in [0.2, 0.25) is 0 Å². The van der Waals surface area contributed by atoms with Crippen LogP contribution >= 0.6 is 23.1 Å². The van der Waals surface area contributed by atoms with E-state index in [-0.39, 0.29) is 12.8 Å². The van der Waals surface area contributed by atoms with Crippen LogP contribution in [0, 0.1) is 5.92 Å². The molecule has 48 heavy (non-hydrogen) atoms. The number of nitrogens with zero attached hydrogens (tertiary/aromatic N) is 2. The molecular weight excluding hydrogens is 685 g/mol. The molecule has 0 amide bonds. The third-order valence-electron chi connectivity index (χ3n) is 8.97. The molecule has 0 spiro atoms. The molecule has 6 rings (SSSR count). The summed E-state index contributed by atoms with van der Waals surface area (Å²) in [5.74, 6) is -1.12. The second kappa shape index (κ2) is 15.1. The fraction of sp³-hybridized carbons (Fsp3) is 0.361. The number of anilines is 1. The van der Waals surface area contributed by atoms with Gasteiger partial charge in [0.05, 0.1) is 27.9 Å². The van der Waals surface area contributed by atoms with Crippen molar-refractivity contribution in [1.82, 2.24) is 0 Å². The molecule has 0 fully saturated rings. The van der Waals surface area contributed by atoms with Crippen LogP contribution in [0.4, 0.5) is 5.69 Å². The molecule has 2 aliphatic carbocycles. The van der Waals surface area contributed by atoms with Crippen molar-refractivity contribution in [2.75, 3.05) is 24.0 Å². The van der Waals surface area contributed by atoms with Gasteiger partial charge in [-0.15, -0.1) is 0 Å². The molecule has 0 radical (unpaired) electrons. The SMILES string of the molecule is CS(=O)c1ccc2c(c1)N(CCCC(=O)O)C(=CC1=CC3=CC(=Cc4sc5ccc(S(C)=O)cc5[n+]4CCCC(=O)O)CCC3CC1)S2. The zero-order valence-electron chi connectivity index (χ0n) is 27.0. The van der Waals surface area contributed by atoms with Crippen LogP contribution in [0.5, 0.6) is 0 Å². The van der Waals surface area contributed by atoms with Crippen LogP contribution in [0.3, 0.4) is 0 Å². The standard InChI is InChI=1S/C36H38N2O6S4/c1-47(43)27-11-13-31-29(21-27)37(15-3-5-35(39)40)33(45-31)19-23-7-9-25-10-8-24(18-26(25)17-23)20-34-38(16-4-6-36(41)42)30-22-28(48(2)44)12-14-32(30)46-34/h11-14,17-22,25H,3-10,15-16H2,1-2H3,(H-,39,40,41,42)/p+1. The molecule has 12 heteroatoms. The predicted octanol–water partition coefficient (Wildman–Crippen LogP) is 7.29. The summed E-state index contributed by atoms with van der Waals surface area (Å²) in [5, 5.41) is 20.6. The molecule has 1 aliphatic heterocycles. The Morgan fingerprint density at radius 1 is 0.938 bits per heavy atom. The number of carboxylic acid groups (broad SMARTS) is 2. The lowest BCUT2D eigenvalue weighted by molar-refractivity contribution is -0.669. The Kier molecular flexibility index (Phi) is 10.8. The minimum Gasteiger partial charge on any atom is -0.481 e. The highest BCUT2D eigenvalue weighted by Gasteiger charge is 2.29. The zero-order valence-corrected chi connectivity index (χ0v) is 30.2. The van der Waals surface area contributed by atoms with E-state index < -0.39 is 33.5 Å². The van der Waals surface area contributed by atoms with Crippen molar-refractivity contribution in [3.05, 3.63) is 81.4 Å². The lowest BCUT2D eigenvalue weighted by atomic mass is 9.77. The molecular formula is C36H39N2O6S4+. The van der Waals surface area contributed by atoms with Gasteiger partial charge in [0.1, 0.15) is 4.70 Å². The molecule has 0 bridgehead atoms. The van der Waals surface area contributed by atoms with Crippen molar-refractivity contribution in [1.29, 1.82) is 0 Å².